The lowest BCUT2D eigenvalue weighted by Crippen LogP contribution is -2.44. The number of rotatable bonds is 1. The number of benzene rings is 1. The van der Waals surface area contributed by atoms with Gasteiger partial charge in [0, 0.05) is 17.8 Å². The van der Waals surface area contributed by atoms with Crippen LogP contribution < -0.4 is 10.6 Å². The molecule has 0 saturated heterocycles. The number of nitrogens with two attached hydrogens (primary N) is 1. The summed E-state index contributed by atoms with van der Waals surface area (Å²) in [4.78, 5) is 14.7. The summed E-state index contributed by atoms with van der Waals surface area (Å²) in [7, 11) is 0. The molecule has 1 aromatic rings. The van der Waals surface area contributed by atoms with Gasteiger partial charge in [-0.05, 0) is 37.8 Å². The van der Waals surface area contributed by atoms with Gasteiger partial charge in [0.25, 0.3) is 0 Å². The molecule has 0 radical (unpaired) electrons. The first-order valence-electron chi connectivity index (χ1n) is 6.85. The first kappa shape index (κ1) is 11.7. The fourth-order valence-corrected chi connectivity index (χ4v) is 3.38. The van der Waals surface area contributed by atoms with Gasteiger partial charge in [-0.2, -0.15) is 0 Å². The van der Waals surface area contributed by atoms with E-state index < -0.39 is 0 Å². The van der Waals surface area contributed by atoms with E-state index in [1.165, 1.54) is 5.56 Å². The normalized spacial score (nSPS) is 30.6. The van der Waals surface area contributed by atoms with Crippen molar-refractivity contribution in [3.8, 4) is 0 Å². The van der Waals surface area contributed by atoms with Crippen LogP contribution in [-0.4, -0.2) is 18.0 Å². The smallest absolute Gasteiger partial charge is 0.231 e. The quantitative estimate of drug-likeness (QED) is 0.822. The SMILES string of the molecule is CC1Cc2ccccc2N1C(=O)C1CCCC1N. The summed E-state index contributed by atoms with van der Waals surface area (Å²) in [5.41, 5.74) is 8.44. The van der Waals surface area contributed by atoms with E-state index in [1.807, 2.05) is 17.0 Å². The molecule has 2 aliphatic rings. The molecule has 3 nitrogen and oxygen atoms in total. The van der Waals surface area contributed by atoms with E-state index in [1.54, 1.807) is 0 Å². The van der Waals surface area contributed by atoms with Gasteiger partial charge >= 0.3 is 0 Å². The van der Waals surface area contributed by atoms with Gasteiger partial charge in [0.05, 0.1) is 5.92 Å². The number of anilines is 1. The van der Waals surface area contributed by atoms with Gasteiger partial charge in [-0.15, -0.1) is 0 Å². The number of nitrogens with zero attached hydrogens (tertiary/aromatic N) is 1. The topological polar surface area (TPSA) is 46.3 Å². The molecule has 3 heteroatoms. The van der Waals surface area contributed by atoms with E-state index in [4.69, 9.17) is 5.73 Å². The predicted octanol–water partition coefficient (Wildman–Crippen LogP) is 2.09. The first-order chi connectivity index (χ1) is 8.68. The second kappa shape index (κ2) is 4.39. The minimum absolute atomic E-state index is 0.0265. The maximum Gasteiger partial charge on any atom is 0.231 e. The molecule has 3 unspecified atom stereocenters. The maximum atomic E-state index is 12.7. The van der Waals surface area contributed by atoms with Crippen LogP contribution in [0, 0.1) is 5.92 Å². The van der Waals surface area contributed by atoms with Crippen LogP contribution in [0.5, 0.6) is 0 Å². The molecule has 96 valence electrons. The Bertz CT molecular complexity index is 471. The zero-order chi connectivity index (χ0) is 12.7. The highest BCUT2D eigenvalue weighted by molar-refractivity contribution is 5.98. The standard InChI is InChI=1S/C15H20N2O/c1-10-9-11-5-2-3-8-14(11)17(10)15(18)12-6-4-7-13(12)16/h2-3,5,8,10,12-13H,4,6-7,9,16H2,1H3. The Kier molecular flexibility index (Phi) is 2.86. The Morgan fingerprint density at radius 2 is 2.11 bits per heavy atom. The van der Waals surface area contributed by atoms with Crippen molar-refractivity contribution in [2.75, 3.05) is 4.90 Å². The molecule has 2 N–H and O–H groups in total. The molecule has 0 bridgehead atoms. The highest BCUT2D eigenvalue weighted by Crippen LogP contribution is 2.35. The van der Waals surface area contributed by atoms with Crippen LogP contribution in [0.2, 0.25) is 0 Å². The molecule has 3 rings (SSSR count). The predicted molar refractivity (Wildman–Crippen MR) is 72.4 cm³/mol. The van der Waals surface area contributed by atoms with Crippen LogP contribution in [0.3, 0.4) is 0 Å². The maximum absolute atomic E-state index is 12.7. The second-order valence-corrected chi connectivity index (χ2v) is 5.59. The Hall–Kier alpha value is -1.35. The van der Waals surface area contributed by atoms with Crippen LogP contribution >= 0.6 is 0 Å². The average molecular weight is 244 g/mol. The fourth-order valence-electron chi connectivity index (χ4n) is 3.38. The largest absolute Gasteiger partial charge is 0.327 e. The molecule has 18 heavy (non-hydrogen) atoms. The van der Waals surface area contributed by atoms with Gasteiger partial charge in [-0.1, -0.05) is 24.6 Å². The van der Waals surface area contributed by atoms with Crippen molar-refractivity contribution in [1.82, 2.24) is 0 Å². The monoisotopic (exact) mass is 244 g/mol. The summed E-state index contributed by atoms with van der Waals surface area (Å²) in [6, 6.07) is 8.54. The minimum atomic E-state index is 0.0265. The summed E-state index contributed by atoms with van der Waals surface area (Å²) in [5.74, 6) is 0.260. The molecule has 1 fully saturated rings. The third-order valence-corrected chi connectivity index (χ3v) is 4.33. The fraction of sp³-hybridized carbons (Fsp3) is 0.533. The zero-order valence-corrected chi connectivity index (χ0v) is 10.8. The second-order valence-electron chi connectivity index (χ2n) is 5.59. The lowest BCUT2D eigenvalue weighted by molar-refractivity contribution is -0.122. The van der Waals surface area contributed by atoms with Gasteiger partial charge in [0.2, 0.25) is 5.91 Å². The van der Waals surface area contributed by atoms with E-state index in [0.29, 0.717) is 0 Å². The summed E-state index contributed by atoms with van der Waals surface area (Å²) in [6.07, 6.45) is 3.98. The van der Waals surface area contributed by atoms with Crippen molar-refractivity contribution < 1.29 is 4.79 Å². The van der Waals surface area contributed by atoms with E-state index in [-0.39, 0.29) is 23.9 Å². The van der Waals surface area contributed by atoms with Crippen LogP contribution in [0.1, 0.15) is 31.7 Å². The van der Waals surface area contributed by atoms with Crippen LogP contribution in [0.15, 0.2) is 24.3 Å². The van der Waals surface area contributed by atoms with Crippen molar-refractivity contribution in [2.24, 2.45) is 11.7 Å². The lowest BCUT2D eigenvalue weighted by Gasteiger charge is -2.27. The van der Waals surface area contributed by atoms with Gasteiger partial charge < -0.3 is 10.6 Å². The third kappa shape index (κ3) is 1.74. The number of fused-ring (bicyclic) bond motifs is 1. The summed E-state index contributed by atoms with van der Waals surface area (Å²) >= 11 is 0. The number of para-hydroxylation sites is 1. The minimum Gasteiger partial charge on any atom is -0.327 e. The summed E-state index contributed by atoms with van der Waals surface area (Å²) in [5, 5.41) is 0. The molecule has 3 atom stereocenters. The van der Waals surface area contributed by atoms with Crippen LogP contribution in [0.4, 0.5) is 5.69 Å². The molecule has 1 aliphatic carbocycles. The van der Waals surface area contributed by atoms with Crippen molar-refractivity contribution in [1.29, 1.82) is 0 Å². The van der Waals surface area contributed by atoms with Gasteiger partial charge in [-0.3, -0.25) is 4.79 Å². The molecular weight excluding hydrogens is 224 g/mol. The first-order valence-corrected chi connectivity index (χ1v) is 6.85. The van der Waals surface area contributed by atoms with Crippen LogP contribution in [0.25, 0.3) is 0 Å². The Labute approximate surface area is 108 Å². The van der Waals surface area contributed by atoms with Crippen molar-refractivity contribution in [2.45, 2.75) is 44.7 Å². The van der Waals surface area contributed by atoms with E-state index in [9.17, 15) is 4.79 Å². The zero-order valence-electron chi connectivity index (χ0n) is 10.8. The molecule has 0 aromatic heterocycles. The van der Waals surface area contributed by atoms with Gasteiger partial charge in [-0.25, -0.2) is 0 Å². The van der Waals surface area contributed by atoms with E-state index in [2.05, 4.69) is 19.1 Å². The van der Waals surface area contributed by atoms with Crippen molar-refractivity contribution >= 4 is 11.6 Å². The number of carbonyl (C=O) groups is 1. The summed E-state index contributed by atoms with van der Waals surface area (Å²) < 4.78 is 0. The number of amides is 1. The molecule has 1 amide bonds. The lowest BCUT2D eigenvalue weighted by atomic mass is 10.0. The number of hydrogen-bond acceptors (Lipinski definition) is 2. The number of hydrogen-bond donors (Lipinski definition) is 1. The van der Waals surface area contributed by atoms with Crippen molar-refractivity contribution in [3.05, 3.63) is 29.8 Å². The molecule has 1 aliphatic heterocycles. The Morgan fingerprint density at radius 3 is 2.83 bits per heavy atom. The van der Waals surface area contributed by atoms with Crippen molar-refractivity contribution in [3.63, 3.8) is 0 Å². The highest BCUT2D eigenvalue weighted by atomic mass is 16.2. The number of carbonyl (C=O) groups excluding carboxylic acids is 1. The Balaban J connectivity index is 1.90. The molecule has 1 heterocycles. The highest BCUT2D eigenvalue weighted by Gasteiger charge is 2.38. The average Bonchev–Trinajstić information content (AvgIpc) is 2.91. The molecule has 1 aromatic carbocycles. The van der Waals surface area contributed by atoms with Gasteiger partial charge in [0.1, 0.15) is 0 Å². The summed E-state index contributed by atoms with van der Waals surface area (Å²) in [6.45, 7) is 2.12. The molecule has 0 spiro atoms. The van der Waals surface area contributed by atoms with Crippen LogP contribution in [-0.2, 0) is 11.2 Å². The molecular formula is C15H20N2O. The Morgan fingerprint density at radius 1 is 1.33 bits per heavy atom. The van der Waals surface area contributed by atoms with E-state index >= 15 is 0 Å². The third-order valence-electron chi connectivity index (χ3n) is 4.33. The van der Waals surface area contributed by atoms with E-state index in [0.717, 1.165) is 31.4 Å². The molecule has 1 saturated carbocycles. The van der Waals surface area contributed by atoms with Gasteiger partial charge in [0.15, 0.2) is 0 Å².